The molecule has 2 amide bonds. The molecule has 0 spiro atoms. The van der Waals surface area contributed by atoms with E-state index in [1.165, 1.54) is 17.7 Å². The number of ether oxygens (including phenoxy) is 2. The number of aliphatic hydroxyl groups excluding tert-OH is 1. The number of aromatic amines is 1. The Morgan fingerprint density at radius 1 is 0.776 bits per heavy atom. The molecule has 1 aromatic heterocycles. The van der Waals surface area contributed by atoms with Gasteiger partial charge in [-0.25, -0.2) is 4.79 Å². The van der Waals surface area contributed by atoms with Gasteiger partial charge in [-0.15, -0.1) is 0 Å². The van der Waals surface area contributed by atoms with E-state index in [0.29, 0.717) is 60.3 Å². The molecule has 2 aliphatic heterocycles. The van der Waals surface area contributed by atoms with E-state index in [0.717, 1.165) is 38.0 Å². The molecule has 5 aromatic carbocycles. The van der Waals surface area contributed by atoms with E-state index in [9.17, 15) is 34.5 Å². The van der Waals surface area contributed by atoms with Gasteiger partial charge in [0.1, 0.15) is 11.5 Å². The van der Waals surface area contributed by atoms with Crippen molar-refractivity contribution in [2.75, 3.05) is 45.9 Å². The number of aromatic hydroxyl groups is 1. The predicted molar refractivity (Wildman–Crippen MR) is 253 cm³/mol. The van der Waals surface area contributed by atoms with Gasteiger partial charge >= 0.3 is 5.97 Å². The molecule has 14 heteroatoms. The molecule has 2 aliphatic rings. The molecule has 0 radical (unpaired) electrons. The number of aliphatic hydroxyl groups is 2. The second-order valence-electron chi connectivity index (χ2n) is 17.5. The average molecular weight is 908 g/mol. The first kappa shape index (κ1) is 46.7. The normalized spacial score (nSPS) is 16.2. The Bertz CT molecular complexity index is 2680. The maximum atomic E-state index is 13.9. The van der Waals surface area contributed by atoms with Gasteiger partial charge in [0, 0.05) is 61.3 Å². The van der Waals surface area contributed by atoms with E-state index in [4.69, 9.17) is 9.47 Å². The Balaban J connectivity index is 0.777. The summed E-state index contributed by atoms with van der Waals surface area (Å²) < 4.78 is 11.8. The smallest absolute Gasteiger partial charge is 0.347 e. The highest BCUT2D eigenvalue weighted by Crippen LogP contribution is 2.34. The summed E-state index contributed by atoms with van der Waals surface area (Å²) in [5.41, 5.74) is 1.76. The first-order valence-corrected chi connectivity index (χ1v) is 22.9. The van der Waals surface area contributed by atoms with Crippen LogP contribution in [-0.4, -0.2) is 99.9 Å². The molecule has 0 unspecified atom stereocenters. The Labute approximate surface area is 389 Å². The molecule has 2 saturated heterocycles. The second kappa shape index (κ2) is 21.6. The predicted octanol–water partition coefficient (Wildman–Crippen LogP) is 5.55. The van der Waals surface area contributed by atoms with Crippen LogP contribution in [-0.2, 0) is 33.0 Å². The Kier molecular flexibility index (Phi) is 15.1. The standard InChI is InChI=1S/C53H57N5O9/c59-46-20-18-44(45-19-21-48(61)56-50(45)46)47(60)32-54-31-36-14-16-39(17-15-36)51(63)58-28-24-42(25-29-58)55-49(62)35-66-43-13-7-12-41(30-43)53(65,40-10-5-2-6-11-40)52(64)67-34-38-22-26-57(27-23-38)33-37-8-3-1-4-9-37/h1-21,30,38,42,47,54,59-60,65H,22-29,31-35H2,(H,55,62)(H,56,61)/t47-,53-/m0/s1. The second-order valence-corrected chi connectivity index (χ2v) is 17.5. The Morgan fingerprint density at radius 3 is 2.21 bits per heavy atom. The molecule has 6 aromatic rings. The summed E-state index contributed by atoms with van der Waals surface area (Å²) in [5, 5.41) is 40.0. The molecule has 0 aliphatic carbocycles. The SMILES string of the molecule is O=C(COc1cccc([C@](O)(C(=O)OCC2CCN(Cc3ccccc3)CC2)c2ccccc2)c1)NC1CCN(C(=O)c2ccc(CNC[C@H](O)c3ccc(O)c4[nH]c(=O)ccc34)cc2)CC1. The molecular weight excluding hydrogens is 851 g/mol. The number of H-pyrrole nitrogens is 1. The van der Waals surface area contributed by atoms with E-state index in [-0.39, 0.29) is 65.9 Å². The zero-order valence-electron chi connectivity index (χ0n) is 37.3. The fraction of sp³-hybridized carbons (Fsp3) is 0.321. The first-order chi connectivity index (χ1) is 32.5. The summed E-state index contributed by atoms with van der Waals surface area (Å²) >= 11 is 0. The fourth-order valence-corrected chi connectivity index (χ4v) is 8.95. The van der Waals surface area contributed by atoms with Crippen LogP contribution in [0, 0.1) is 5.92 Å². The van der Waals surface area contributed by atoms with Crippen molar-refractivity contribution in [1.29, 1.82) is 0 Å². The largest absolute Gasteiger partial charge is 0.506 e. The van der Waals surface area contributed by atoms with E-state index in [1.54, 1.807) is 77.7 Å². The summed E-state index contributed by atoms with van der Waals surface area (Å²) in [6.45, 7) is 4.19. The zero-order chi connectivity index (χ0) is 46.8. The third-order valence-corrected chi connectivity index (χ3v) is 12.8. The maximum absolute atomic E-state index is 13.9. The maximum Gasteiger partial charge on any atom is 0.347 e. The minimum atomic E-state index is -2.11. The number of phenolic OH excluding ortho intramolecular Hbond substituents is 1. The van der Waals surface area contributed by atoms with E-state index >= 15 is 0 Å². The van der Waals surface area contributed by atoms with Gasteiger partial charge in [0.05, 0.1) is 18.2 Å². The number of fused-ring (bicyclic) bond motifs is 1. The van der Waals surface area contributed by atoms with Gasteiger partial charge in [0.15, 0.2) is 6.61 Å². The van der Waals surface area contributed by atoms with Crippen LogP contribution in [0.15, 0.2) is 138 Å². The van der Waals surface area contributed by atoms with Crippen molar-refractivity contribution in [1.82, 2.24) is 25.4 Å². The first-order valence-electron chi connectivity index (χ1n) is 22.9. The van der Waals surface area contributed by atoms with Crippen LogP contribution in [0.1, 0.15) is 70.0 Å². The number of pyridine rings is 1. The van der Waals surface area contributed by atoms with Crippen molar-refractivity contribution in [3.05, 3.63) is 177 Å². The molecule has 67 heavy (non-hydrogen) atoms. The van der Waals surface area contributed by atoms with Gasteiger partial charge in [-0.1, -0.05) is 91.0 Å². The van der Waals surface area contributed by atoms with Gasteiger partial charge in [0.25, 0.3) is 11.8 Å². The molecule has 0 bridgehead atoms. The van der Waals surface area contributed by atoms with Crippen LogP contribution < -0.4 is 20.9 Å². The number of likely N-dealkylation sites (tertiary alicyclic amines) is 2. The van der Waals surface area contributed by atoms with Crippen LogP contribution >= 0.6 is 0 Å². The lowest BCUT2D eigenvalue weighted by Crippen LogP contribution is -2.47. The lowest BCUT2D eigenvalue weighted by Gasteiger charge is -2.33. The summed E-state index contributed by atoms with van der Waals surface area (Å²) in [5.74, 6) is -0.782. The summed E-state index contributed by atoms with van der Waals surface area (Å²) in [6.07, 6.45) is 2.01. The van der Waals surface area contributed by atoms with Gasteiger partial charge in [0.2, 0.25) is 11.2 Å². The molecule has 348 valence electrons. The van der Waals surface area contributed by atoms with Crippen molar-refractivity contribution in [2.24, 2.45) is 5.92 Å². The number of rotatable bonds is 17. The number of nitrogens with zero attached hydrogens (tertiary/aromatic N) is 2. The Morgan fingerprint density at radius 2 is 1.48 bits per heavy atom. The highest BCUT2D eigenvalue weighted by Gasteiger charge is 2.42. The van der Waals surface area contributed by atoms with Crippen molar-refractivity contribution >= 4 is 28.7 Å². The van der Waals surface area contributed by atoms with Gasteiger partial charge in [-0.3, -0.25) is 19.3 Å². The third-order valence-electron chi connectivity index (χ3n) is 12.8. The van der Waals surface area contributed by atoms with E-state index < -0.39 is 17.7 Å². The van der Waals surface area contributed by atoms with Crippen LogP contribution in [0.25, 0.3) is 10.9 Å². The van der Waals surface area contributed by atoms with Crippen LogP contribution in [0.5, 0.6) is 11.5 Å². The molecule has 2 atom stereocenters. The lowest BCUT2D eigenvalue weighted by atomic mass is 9.86. The van der Waals surface area contributed by atoms with Crippen molar-refractivity contribution in [3.8, 4) is 11.5 Å². The molecule has 8 rings (SSSR count). The number of benzene rings is 5. The number of nitrogens with one attached hydrogen (secondary N) is 3. The number of hydrogen-bond acceptors (Lipinski definition) is 11. The van der Waals surface area contributed by atoms with Crippen LogP contribution in [0.4, 0.5) is 0 Å². The average Bonchev–Trinajstić information content (AvgIpc) is 3.36. The molecule has 3 heterocycles. The third kappa shape index (κ3) is 11.6. The number of esters is 1. The van der Waals surface area contributed by atoms with E-state index in [2.05, 4.69) is 32.7 Å². The highest BCUT2D eigenvalue weighted by atomic mass is 16.5. The van der Waals surface area contributed by atoms with Gasteiger partial charge in [-0.05, 0) is 103 Å². The number of phenols is 1. The number of carbonyl (C=O) groups is 3. The summed E-state index contributed by atoms with van der Waals surface area (Å²) in [7, 11) is 0. The molecule has 14 nitrogen and oxygen atoms in total. The molecule has 6 N–H and O–H groups in total. The number of piperidine rings is 2. The lowest BCUT2D eigenvalue weighted by molar-refractivity contribution is -0.164. The summed E-state index contributed by atoms with van der Waals surface area (Å²) in [6, 6.07) is 38.7. The number of carbonyl (C=O) groups excluding carboxylic acids is 3. The minimum absolute atomic E-state index is 0.0710. The van der Waals surface area contributed by atoms with E-state index in [1.807, 2.05) is 36.4 Å². The fourth-order valence-electron chi connectivity index (χ4n) is 8.95. The monoisotopic (exact) mass is 907 g/mol. The minimum Gasteiger partial charge on any atom is -0.506 e. The highest BCUT2D eigenvalue weighted by molar-refractivity contribution is 5.94. The van der Waals surface area contributed by atoms with Crippen molar-refractivity contribution < 1.29 is 39.2 Å². The van der Waals surface area contributed by atoms with Crippen LogP contribution in [0.2, 0.25) is 0 Å². The van der Waals surface area contributed by atoms with Crippen molar-refractivity contribution in [2.45, 2.75) is 56.5 Å². The summed E-state index contributed by atoms with van der Waals surface area (Å²) in [4.78, 5) is 58.9. The number of aromatic nitrogens is 1. The zero-order valence-corrected chi connectivity index (χ0v) is 37.3. The Hall–Kier alpha value is -6.84. The van der Waals surface area contributed by atoms with Crippen LogP contribution in [0.3, 0.4) is 0 Å². The number of amides is 2. The molecule has 2 fully saturated rings. The molecule has 0 saturated carbocycles. The van der Waals surface area contributed by atoms with Crippen molar-refractivity contribution in [3.63, 3.8) is 0 Å². The van der Waals surface area contributed by atoms with Gasteiger partial charge in [-0.2, -0.15) is 0 Å². The number of hydrogen-bond donors (Lipinski definition) is 6. The quantitative estimate of drug-likeness (QED) is 0.0629. The topological polar surface area (TPSA) is 194 Å². The van der Waals surface area contributed by atoms with Gasteiger partial charge < -0.3 is 45.3 Å². The molecular formula is C53H57N5O9.